The molecule has 1 aliphatic heterocycles. The predicted molar refractivity (Wildman–Crippen MR) is 150 cm³/mol. The molecule has 228 valence electrons. The molecule has 0 spiro atoms. The molecule has 1 aliphatic rings. The number of hydrogen-bond donors (Lipinski definition) is 0. The molecule has 0 radical (unpaired) electrons. The van der Waals surface area contributed by atoms with Crippen LogP contribution < -0.4 is 0 Å². The second kappa shape index (κ2) is 21.2. The zero-order valence-corrected chi connectivity index (χ0v) is 25.0. The van der Waals surface area contributed by atoms with Gasteiger partial charge in [-0.15, -0.1) is 6.42 Å². The Hall–Kier alpha value is -2.60. The van der Waals surface area contributed by atoms with Crippen molar-refractivity contribution in [2.24, 2.45) is 0 Å². The molecule has 1 saturated heterocycles. The van der Waals surface area contributed by atoms with E-state index in [4.69, 9.17) is 30.1 Å². The van der Waals surface area contributed by atoms with Gasteiger partial charge in [0.15, 0.2) is 18.3 Å². The van der Waals surface area contributed by atoms with Gasteiger partial charge in [0.05, 0.1) is 0 Å². The lowest BCUT2D eigenvalue weighted by Crippen LogP contribution is -2.45. The van der Waals surface area contributed by atoms with E-state index in [2.05, 4.69) is 5.92 Å². The first kappa shape index (κ1) is 35.4. The number of unbranched alkanes of at least 4 members (excludes halogenated alkanes) is 8. The molecule has 0 bridgehead atoms. The number of terminal acetylenes is 1. The zero-order valence-electron chi connectivity index (χ0n) is 25.0. The Kier molecular flexibility index (Phi) is 18.8. The smallest absolute Gasteiger partial charge is 0.308 e. The van der Waals surface area contributed by atoms with Crippen molar-refractivity contribution in [2.45, 2.75) is 161 Å². The van der Waals surface area contributed by atoms with Crippen molar-refractivity contribution in [1.29, 1.82) is 0 Å². The van der Waals surface area contributed by atoms with Gasteiger partial charge in [-0.05, 0) is 25.7 Å². The fourth-order valence-electron chi connectivity index (χ4n) is 4.33. The Morgan fingerprint density at radius 2 is 1.02 bits per heavy atom. The van der Waals surface area contributed by atoms with Crippen LogP contribution in [0, 0.1) is 12.3 Å². The van der Waals surface area contributed by atoms with Crippen LogP contribution in [-0.2, 0) is 42.9 Å². The van der Waals surface area contributed by atoms with Gasteiger partial charge in [-0.3, -0.25) is 19.2 Å². The summed E-state index contributed by atoms with van der Waals surface area (Å²) in [6.45, 7) is 8.08. The van der Waals surface area contributed by atoms with Gasteiger partial charge in [0.2, 0.25) is 12.4 Å². The van der Waals surface area contributed by atoms with Gasteiger partial charge < -0.3 is 23.7 Å². The van der Waals surface area contributed by atoms with E-state index in [0.29, 0.717) is 25.7 Å². The van der Waals surface area contributed by atoms with Crippen LogP contribution in [0.15, 0.2) is 0 Å². The van der Waals surface area contributed by atoms with Gasteiger partial charge >= 0.3 is 23.9 Å². The largest absolute Gasteiger partial charge is 0.455 e. The highest BCUT2D eigenvalue weighted by atomic mass is 16.8. The molecule has 0 N–H and O–H groups in total. The van der Waals surface area contributed by atoms with Crippen LogP contribution in [0.5, 0.6) is 0 Å². The first-order chi connectivity index (χ1) is 19.3. The molecular weight excluding hydrogens is 516 g/mol. The zero-order chi connectivity index (χ0) is 29.8. The Labute approximate surface area is 240 Å². The summed E-state index contributed by atoms with van der Waals surface area (Å²) in [5.41, 5.74) is 0. The van der Waals surface area contributed by atoms with E-state index in [0.717, 1.165) is 51.4 Å². The molecule has 0 aromatic carbocycles. The van der Waals surface area contributed by atoms with Gasteiger partial charge in [-0.25, -0.2) is 0 Å². The first-order valence-corrected chi connectivity index (χ1v) is 15.2. The number of esters is 4. The van der Waals surface area contributed by atoms with E-state index in [1.807, 2.05) is 27.7 Å². The standard InChI is InChI=1S/C31H50O9/c1-6-11-15-19-24(32)36-23(10-5)28-29(37-25(33)20-16-12-7-2)30(38-26(34)21-17-13-8-3)31(40-28)39-27(35)22-18-14-9-4/h5,23,28-31H,6-9,11-22H2,1-4H3/t23-,28+,29+,30-,31?/m0/s1. The second-order valence-electron chi connectivity index (χ2n) is 10.3. The Morgan fingerprint density at radius 1 is 0.625 bits per heavy atom. The third kappa shape index (κ3) is 13.6. The van der Waals surface area contributed by atoms with E-state index in [9.17, 15) is 19.2 Å². The van der Waals surface area contributed by atoms with E-state index in [1.165, 1.54) is 0 Å². The van der Waals surface area contributed by atoms with Gasteiger partial charge in [0.25, 0.3) is 0 Å². The Bertz CT molecular complexity index is 803. The van der Waals surface area contributed by atoms with Crippen molar-refractivity contribution in [3.63, 3.8) is 0 Å². The molecule has 9 nitrogen and oxygen atoms in total. The van der Waals surface area contributed by atoms with Crippen molar-refractivity contribution in [3.05, 3.63) is 0 Å². The van der Waals surface area contributed by atoms with Gasteiger partial charge in [-0.2, -0.15) is 0 Å². The van der Waals surface area contributed by atoms with Crippen LogP contribution in [0.25, 0.3) is 0 Å². The maximum atomic E-state index is 12.8. The summed E-state index contributed by atoms with van der Waals surface area (Å²) >= 11 is 0. The number of ether oxygens (including phenoxy) is 5. The summed E-state index contributed by atoms with van der Waals surface area (Å²) in [6, 6.07) is 0. The molecule has 9 heteroatoms. The van der Waals surface area contributed by atoms with Crippen LogP contribution in [0.1, 0.15) is 130 Å². The van der Waals surface area contributed by atoms with Gasteiger partial charge in [0, 0.05) is 25.7 Å². The lowest BCUT2D eigenvalue weighted by atomic mass is 10.0. The summed E-state index contributed by atoms with van der Waals surface area (Å²) in [4.78, 5) is 50.7. The molecule has 0 aromatic rings. The van der Waals surface area contributed by atoms with Crippen molar-refractivity contribution in [3.8, 4) is 12.3 Å². The molecular formula is C31H50O9. The van der Waals surface area contributed by atoms with Crippen molar-refractivity contribution in [2.75, 3.05) is 0 Å². The maximum Gasteiger partial charge on any atom is 0.308 e. The van der Waals surface area contributed by atoms with Gasteiger partial charge in [0.1, 0.15) is 0 Å². The predicted octanol–water partition coefficient (Wildman–Crippen LogP) is 5.94. The fraction of sp³-hybridized carbons (Fsp3) is 0.806. The quantitative estimate of drug-likeness (QED) is 0.0720. The Balaban J connectivity index is 3.22. The highest BCUT2D eigenvalue weighted by Gasteiger charge is 2.55. The molecule has 1 fully saturated rings. The minimum atomic E-state index is -1.36. The SMILES string of the molecule is C#C[C@H](OC(=O)CCCCC)[C@H]1OC(OC(=O)CCCCC)[C@@H](OC(=O)CCCCC)[C@@H]1OC(=O)CCCCC. The molecule has 0 saturated carbocycles. The molecule has 0 amide bonds. The normalized spacial score (nSPS) is 20.8. The number of rotatable bonds is 21. The van der Waals surface area contributed by atoms with Crippen LogP contribution >= 0.6 is 0 Å². The third-order valence-electron chi connectivity index (χ3n) is 6.65. The number of carbonyl (C=O) groups is 4. The summed E-state index contributed by atoms with van der Waals surface area (Å²) in [6.07, 6.45) is 9.72. The van der Waals surface area contributed by atoms with Crippen molar-refractivity contribution >= 4 is 23.9 Å². The van der Waals surface area contributed by atoms with E-state index < -0.39 is 54.6 Å². The van der Waals surface area contributed by atoms with Crippen LogP contribution in [0.3, 0.4) is 0 Å². The monoisotopic (exact) mass is 566 g/mol. The van der Waals surface area contributed by atoms with E-state index in [-0.39, 0.29) is 25.7 Å². The van der Waals surface area contributed by atoms with E-state index in [1.54, 1.807) is 0 Å². The molecule has 1 heterocycles. The molecule has 5 atom stereocenters. The lowest BCUT2D eigenvalue weighted by Gasteiger charge is -2.26. The van der Waals surface area contributed by atoms with E-state index >= 15 is 0 Å². The minimum absolute atomic E-state index is 0.146. The van der Waals surface area contributed by atoms with Crippen molar-refractivity contribution < 1.29 is 42.9 Å². The van der Waals surface area contributed by atoms with Crippen LogP contribution in [0.4, 0.5) is 0 Å². The van der Waals surface area contributed by atoms with Crippen LogP contribution in [0.2, 0.25) is 0 Å². The minimum Gasteiger partial charge on any atom is -0.455 e. The average Bonchev–Trinajstić information content (AvgIpc) is 3.23. The molecule has 40 heavy (non-hydrogen) atoms. The Morgan fingerprint density at radius 3 is 1.45 bits per heavy atom. The number of carbonyl (C=O) groups excluding carboxylic acids is 4. The fourth-order valence-corrected chi connectivity index (χ4v) is 4.33. The molecule has 1 rings (SSSR count). The summed E-state index contributed by atoms with van der Waals surface area (Å²) in [7, 11) is 0. The maximum absolute atomic E-state index is 12.8. The number of hydrogen-bond acceptors (Lipinski definition) is 9. The summed E-state index contributed by atoms with van der Waals surface area (Å²) in [5, 5.41) is 0. The highest BCUT2D eigenvalue weighted by Crippen LogP contribution is 2.32. The average molecular weight is 567 g/mol. The lowest BCUT2D eigenvalue weighted by molar-refractivity contribution is -0.201. The summed E-state index contributed by atoms with van der Waals surface area (Å²) < 4.78 is 28.6. The molecule has 0 aromatic heterocycles. The van der Waals surface area contributed by atoms with Crippen LogP contribution in [-0.4, -0.2) is 54.6 Å². The molecule has 1 unspecified atom stereocenters. The topological polar surface area (TPSA) is 114 Å². The van der Waals surface area contributed by atoms with Crippen molar-refractivity contribution in [1.82, 2.24) is 0 Å². The second-order valence-corrected chi connectivity index (χ2v) is 10.3. The highest BCUT2D eigenvalue weighted by molar-refractivity contribution is 5.72. The summed E-state index contributed by atoms with van der Waals surface area (Å²) in [5.74, 6) is 0.304. The first-order valence-electron chi connectivity index (χ1n) is 15.2. The van der Waals surface area contributed by atoms with Gasteiger partial charge in [-0.1, -0.05) is 85.0 Å². The third-order valence-corrected chi connectivity index (χ3v) is 6.65. The molecule has 0 aliphatic carbocycles.